The second-order valence-electron chi connectivity index (χ2n) is 10.8. The highest BCUT2D eigenvalue weighted by Crippen LogP contribution is 2.53. The molecule has 2 fully saturated rings. The van der Waals surface area contributed by atoms with Crippen LogP contribution in [0.1, 0.15) is 72.6 Å². The summed E-state index contributed by atoms with van der Waals surface area (Å²) in [6.45, 7) is 14.7. The molecule has 0 radical (unpaired) electrons. The zero-order valence-corrected chi connectivity index (χ0v) is 21.7. The van der Waals surface area contributed by atoms with Crippen molar-refractivity contribution in [2.75, 3.05) is 13.1 Å². The number of nitrogens with zero attached hydrogens (tertiary/aromatic N) is 4. The maximum absolute atomic E-state index is 11.7. The Morgan fingerprint density at radius 2 is 2.00 bits per heavy atom. The van der Waals surface area contributed by atoms with E-state index in [0.717, 1.165) is 12.2 Å². The zero-order chi connectivity index (χ0) is 23.9. The molecule has 1 N–H and O–H groups in total. The van der Waals surface area contributed by atoms with E-state index in [1.54, 1.807) is 18.1 Å². The standard InChI is InChI=1S/C27H33N5OS/c1-13(2)22-23-17(6)25(20-8-19-7-18(20)10-31(19)9-14(3)33)34-27(23)30-24(22)21-11-32-26(28-12-29-32)16(5)15(21)4/h11-13,18-20,30H,7-10H2,1-6H3/t18-,19?,20+/m0/s1. The number of fused-ring (bicyclic) bond motifs is 4. The van der Waals surface area contributed by atoms with Crippen molar-refractivity contribution in [1.29, 1.82) is 0 Å². The molecule has 1 saturated heterocycles. The summed E-state index contributed by atoms with van der Waals surface area (Å²) in [6, 6.07) is 0.568. The van der Waals surface area contributed by atoms with Crippen LogP contribution in [0.25, 0.3) is 27.1 Å². The van der Waals surface area contributed by atoms with E-state index in [4.69, 9.17) is 0 Å². The Morgan fingerprint density at radius 3 is 2.68 bits per heavy atom. The Balaban J connectivity index is 1.43. The third-order valence-corrected chi connectivity index (χ3v) is 9.69. The van der Waals surface area contributed by atoms with E-state index in [0.29, 0.717) is 30.3 Å². The Labute approximate surface area is 204 Å². The lowest BCUT2D eigenvalue weighted by Gasteiger charge is -2.30. The lowest BCUT2D eigenvalue weighted by atomic mass is 9.88. The molecule has 0 amide bonds. The maximum atomic E-state index is 11.7. The van der Waals surface area contributed by atoms with E-state index in [1.165, 1.54) is 56.6 Å². The number of aromatic amines is 1. The number of nitrogens with one attached hydrogen (secondary N) is 1. The summed E-state index contributed by atoms with van der Waals surface area (Å²) in [5.41, 5.74) is 8.67. The van der Waals surface area contributed by atoms with Gasteiger partial charge in [0.25, 0.3) is 0 Å². The Bertz CT molecular complexity index is 1440. The van der Waals surface area contributed by atoms with Crippen molar-refractivity contribution in [3.8, 4) is 11.3 Å². The molecule has 4 aromatic heterocycles. The van der Waals surface area contributed by atoms with Crippen molar-refractivity contribution in [2.45, 2.75) is 72.3 Å². The molecule has 1 saturated carbocycles. The van der Waals surface area contributed by atoms with Crippen molar-refractivity contribution in [3.05, 3.63) is 39.7 Å². The fourth-order valence-corrected chi connectivity index (χ4v) is 8.13. The molecule has 7 heteroatoms. The number of piperidine rings is 1. The normalized spacial score (nSPS) is 22.7. The first kappa shape index (κ1) is 22.0. The van der Waals surface area contributed by atoms with E-state index >= 15 is 0 Å². The highest BCUT2D eigenvalue weighted by Gasteiger charge is 2.46. The molecule has 1 aliphatic heterocycles. The molecule has 2 bridgehead atoms. The minimum atomic E-state index is 0.286. The van der Waals surface area contributed by atoms with E-state index in [2.05, 4.69) is 60.8 Å². The molecule has 4 aromatic rings. The molecule has 3 atom stereocenters. The monoisotopic (exact) mass is 475 g/mol. The number of thiophene rings is 1. The number of pyridine rings is 1. The fraction of sp³-hybridized carbons (Fsp3) is 0.519. The van der Waals surface area contributed by atoms with Crippen LogP contribution < -0.4 is 0 Å². The van der Waals surface area contributed by atoms with Crippen molar-refractivity contribution >= 4 is 33.0 Å². The predicted octanol–water partition coefficient (Wildman–Crippen LogP) is 5.75. The van der Waals surface area contributed by atoms with Crippen LogP contribution in [0.4, 0.5) is 0 Å². The lowest BCUT2D eigenvalue weighted by molar-refractivity contribution is -0.118. The van der Waals surface area contributed by atoms with Crippen molar-refractivity contribution in [2.24, 2.45) is 5.92 Å². The van der Waals surface area contributed by atoms with Crippen LogP contribution in [0.2, 0.25) is 0 Å². The minimum absolute atomic E-state index is 0.286. The molecule has 5 heterocycles. The first-order valence-electron chi connectivity index (χ1n) is 12.4. The van der Waals surface area contributed by atoms with Crippen LogP contribution in [0.3, 0.4) is 0 Å². The van der Waals surface area contributed by atoms with Crippen LogP contribution in [-0.2, 0) is 4.79 Å². The Hall–Kier alpha value is -2.51. The van der Waals surface area contributed by atoms with Gasteiger partial charge in [-0.05, 0) is 80.5 Å². The molecule has 2 aliphatic rings. The maximum Gasteiger partial charge on any atom is 0.158 e. The van der Waals surface area contributed by atoms with Gasteiger partial charge >= 0.3 is 0 Å². The minimum Gasteiger partial charge on any atom is -0.346 e. The summed E-state index contributed by atoms with van der Waals surface area (Å²) in [7, 11) is 0. The number of hydrogen-bond donors (Lipinski definition) is 1. The largest absolute Gasteiger partial charge is 0.346 e. The van der Waals surface area contributed by atoms with Gasteiger partial charge in [0.1, 0.15) is 16.9 Å². The fourth-order valence-electron chi connectivity index (χ4n) is 6.69. The van der Waals surface area contributed by atoms with Gasteiger partial charge in [-0.1, -0.05) is 13.8 Å². The molecular weight excluding hydrogens is 442 g/mol. The molecule has 1 unspecified atom stereocenters. The number of aryl methyl sites for hydroxylation is 2. The number of H-pyrrole nitrogens is 1. The summed E-state index contributed by atoms with van der Waals surface area (Å²) >= 11 is 1.96. The summed E-state index contributed by atoms with van der Waals surface area (Å²) in [5.74, 6) is 1.99. The number of carbonyl (C=O) groups is 1. The van der Waals surface area contributed by atoms with Gasteiger partial charge < -0.3 is 4.98 Å². The van der Waals surface area contributed by atoms with Gasteiger partial charge in [-0.3, -0.25) is 9.69 Å². The van der Waals surface area contributed by atoms with E-state index in [1.807, 2.05) is 15.9 Å². The number of ketones is 1. The second kappa shape index (κ2) is 7.75. The topological polar surface area (TPSA) is 66.3 Å². The molecule has 6 rings (SSSR count). The number of rotatable bonds is 5. The van der Waals surface area contributed by atoms with Crippen LogP contribution >= 0.6 is 11.3 Å². The lowest BCUT2D eigenvalue weighted by Crippen LogP contribution is -2.37. The van der Waals surface area contributed by atoms with Gasteiger partial charge in [0.2, 0.25) is 0 Å². The first-order chi connectivity index (χ1) is 16.2. The number of aromatic nitrogens is 4. The van der Waals surface area contributed by atoms with Crippen LogP contribution in [-0.4, -0.2) is 49.4 Å². The van der Waals surface area contributed by atoms with Crippen LogP contribution in [0.15, 0.2) is 12.5 Å². The SMILES string of the molecule is CC(=O)CN1C[C@@H]2CC1C[C@H]2c1sc2[nH]c(-c3cn4ncnc4c(C)c3C)c(C(C)C)c2c1C. The van der Waals surface area contributed by atoms with Gasteiger partial charge in [-0.2, -0.15) is 5.10 Å². The first-order valence-corrected chi connectivity index (χ1v) is 13.2. The third kappa shape index (κ3) is 3.13. The molecule has 6 nitrogen and oxygen atoms in total. The molecule has 1 aliphatic carbocycles. The third-order valence-electron chi connectivity index (χ3n) is 8.35. The highest BCUT2D eigenvalue weighted by molar-refractivity contribution is 7.19. The average Bonchev–Trinajstić information content (AvgIpc) is 3.57. The summed E-state index contributed by atoms with van der Waals surface area (Å²) in [5, 5.41) is 5.84. The zero-order valence-electron chi connectivity index (χ0n) is 20.9. The Morgan fingerprint density at radius 1 is 1.21 bits per heavy atom. The van der Waals surface area contributed by atoms with Gasteiger partial charge in [-0.25, -0.2) is 9.50 Å². The molecule has 0 aromatic carbocycles. The van der Waals surface area contributed by atoms with Crippen molar-refractivity contribution in [1.82, 2.24) is 24.5 Å². The van der Waals surface area contributed by atoms with Gasteiger partial charge in [0.15, 0.2) is 5.65 Å². The molecule has 0 spiro atoms. The van der Waals surface area contributed by atoms with Gasteiger partial charge in [-0.15, -0.1) is 11.3 Å². The van der Waals surface area contributed by atoms with Gasteiger partial charge in [0.05, 0.1) is 12.2 Å². The van der Waals surface area contributed by atoms with E-state index < -0.39 is 0 Å². The van der Waals surface area contributed by atoms with E-state index in [9.17, 15) is 4.79 Å². The van der Waals surface area contributed by atoms with Crippen LogP contribution in [0.5, 0.6) is 0 Å². The predicted molar refractivity (Wildman–Crippen MR) is 138 cm³/mol. The second-order valence-corrected chi connectivity index (χ2v) is 11.9. The molecule has 178 valence electrons. The highest BCUT2D eigenvalue weighted by atomic mass is 32.1. The number of carbonyl (C=O) groups excluding carboxylic acids is 1. The number of likely N-dealkylation sites (tertiary alicyclic amines) is 1. The van der Waals surface area contributed by atoms with E-state index in [-0.39, 0.29) is 5.78 Å². The van der Waals surface area contributed by atoms with Gasteiger partial charge in [0, 0.05) is 34.6 Å². The summed E-state index contributed by atoms with van der Waals surface area (Å²) in [4.78, 5) is 25.2. The number of hydrogen-bond acceptors (Lipinski definition) is 5. The number of Topliss-reactive ketones (excluding diaryl/α,β-unsaturated/α-hetero) is 1. The van der Waals surface area contributed by atoms with Crippen LogP contribution in [0, 0.1) is 26.7 Å². The summed E-state index contributed by atoms with van der Waals surface area (Å²) in [6.07, 6.45) is 6.18. The van der Waals surface area contributed by atoms with Crippen molar-refractivity contribution < 1.29 is 4.79 Å². The summed E-state index contributed by atoms with van der Waals surface area (Å²) < 4.78 is 1.90. The molecular formula is C27H33N5OS. The Kier molecular flexibility index (Phi) is 5.01. The quantitative estimate of drug-likeness (QED) is 0.399. The van der Waals surface area contributed by atoms with Crippen molar-refractivity contribution in [3.63, 3.8) is 0 Å². The molecule has 34 heavy (non-hydrogen) atoms. The average molecular weight is 476 g/mol. The smallest absolute Gasteiger partial charge is 0.158 e.